The van der Waals surface area contributed by atoms with Gasteiger partial charge in [0.15, 0.2) is 5.82 Å². The van der Waals surface area contributed by atoms with E-state index >= 15 is 0 Å². The van der Waals surface area contributed by atoms with Crippen molar-refractivity contribution in [2.75, 3.05) is 29.4 Å². The number of hydrogen-bond donors (Lipinski definition) is 0. The minimum atomic E-state index is -4.46. The number of fused-ring (bicyclic) bond motifs is 1. The van der Waals surface area contributed by atoms with Crippen molar-refractivity contribution >= 4 is 17.7 Å². The number of nitrogens with zero attached hydrogens (tertiary/aromatic N) is 6. The van der Waals surface area contributed by atoms with Gasteiger partial charge in [0.05, 0.1) is 17.8 Å². The van der Waals surface area contributed by atoms with Crippen molar-refractivity contribution in [3.05, 3.63) is 77.1 Å². The van der Waals surface area contributed by atoms with Crippen molar-refractivity contribution in [2.45, 2.75) is 32.5 Å². The lowest BCUT2D eigenvalue weighted by molar-refractivity contribution is -0.138. The van der Waals surface area contributed by atoms with E-state index in [0.29, 0.717) is 24.0 Å². The Bertz CT molecular complexity index is 1200. The first kappa shape index (κ1) is 22.3. The zero-order valence-corrected chi connectivity index (χ0v) is 18.8. The van der Waals surface area contributed by atoms with Gasteiger partial charge in [0, 0.05) is 44.4 Å². The van der Waals surface area contributed by atoms with Gasteiger partial charge in [-0.1, -0.05) is 6.07 Å². The van der Waals surface area contributed by atoms with Gasteiger partial charge in [-0.25, -0.2) is 9.97 Å². The molecular weight excluding hydrogens is 441 g/mol. The normalized spacial score (nSPS) is 16.9. The lowest BCUT2D eigenvalue weighted by atomic mass is 9.86. The van der Waals surface area contributed by atoms with Crippen LogP contribution in [0.2, 0.25) is 0 Å². The summed E-state index contributed by atoms with van der Waals surface area (Å²) in [6.45, 7) is 4.35. The second kappa shape index (κ2) is 9.04. The SMILES string of the molecule is Cc1cccnc1N1CCC(C2=Cc3nccnc3N(Cc3ncccc3C(F)(F)F)C2)CC1. The summed E-state index contributed by atoms with van der Waals surface area (Å²) in [6.07, 6.45) is 5.90. The maximum absolute atomic E-state index is 13.6. The number of piperidine rings is 1. The second-order valence-corrected chi connectivity index (χ2v) is 8.74. The molecule has 34 heavy (non-hydrogen) atoms. The Morgan fingerprint density at radius 2 is 1.62 bits per heavy atom. The van der Waals surface area contributed by atoms with Gasteiger partial charge in [0.25, 0.3) is 0 Å². The number of hydrogen-bond acceptors (Lipinski definition) is 6. The van der Waals surface area contributed by atoms with E-state index in [2.05, 4.69) is 43.9 Å². The first-order valence-corrected chi connectivity index (χ1v) is 11.3. The summed E-state index contributed by atoms with van der Waals surface area (Å²) in [5.74, 6) is 1.93. The van der Waals surface area contributed by atoms with Gasteiger partial charge in [-0.3, -0.25) is 9.97 Å². The van der Waals surface area contributed by atoms with Crippen LogP contribution in [0.25, 0.3) is 6.08 Å². The lowest BCUT2D eigenvalue weighted by Crippen LogP contribution is -2.38. The number of anilines is 2. The number of pyridine rings is 2. The van der Waals surface area contributed by atoms with Crippen LogP contribution in [0.15, 0.2) is 54.6 Å². The number of rotatable bonds is 4. The molecule has 0 aromatic carbocycles. The number of halogens is 3. The van der Waals surface area contributed by atoms with E-state index in [1.165, 1.54) is 17.8 Å². The molecule has 0 bridgehead atoms. The van der Waals surface area contributed by atoms with Crippen molar-refractivity contribution in [1.82, 2.24) is 19.9 Å². The average molecular weight is 467 g/mol. The van der Waals surface area contributed by atoms with Crippen LogP contribution in [-0.4, -0.2) is 39.6 Å². The Balaban J connectivity index is 1.37. The highest BCUT2D eigenvalue weighted by Crippen LogP contribution is 2.36. The van der Waals surface area contributed by atoms with Crippen molar-refractivity contribution in [3.8, 4) is 0 Å². The van der Waals surface area contributed by atoms with Gasteiger partial charge in [-0.2, -0.15) is 13.2 Å². The largest absolute Gasteiger partial charge is 0.418 e. The maximum Gasteiger partial charge on any atom is 0.418 e. The van der Waals surface area contributed by atoms with E-state index in [9.17, 15) is 13.2 Å². The van der Waals surface area contributed by atoms with Crippen LogP contribution in [0.3, 0.4) is 0 Å². The molecule has 176 valence electrons. The third kappa shape index (κ3) is 4.47. The molecule has 5 heterocycles. The Kier molecular flexibility index (Phi) is 5.93. The van der Waals surface area contributed by atoms with Crippen LogP contribution in [0, 0.1) is 12.8 Å². The van der Waals surface area contributed by atoms with Gasteiger partial charge in [0.1, 0.15) is 11.5 Å². The van der Waals surface area contributed by atoms with E-state index in [0.717, 1.165) is 43.4 Å². The summed E-state index contributed by atoms with van der Waals surface area (Å²) >= 11 is 0. The van der Waals surface area contributed by atoms with E-state index in [4.69, 9.17) is 0 Å². The number of alkyl halides is 3. The van der Waals surface area contributed by atoms with E-state index in [-0.39, 0.29) is 12.2 Å². The highest BCUT2D eigenvalue weighted by molar-refractivity contribution is 5.68. The fourth-order valence-corrected chi connectivity index (χ4v) is 4.85. The molecule has 2 aliphatic rings. The molecule has 0 unspecified atom stereocenters. The van der Waals surface area contributed by atoms with E-state index in [1.807, 2.05) is 17.2 Å². The van der Waals surface area contributed by atoms with Crippen LogP contribution in [-0.2, 0) is 12.7 Å². The first-order valence-electron chi connectivity index (χ1n) is 11.3. The predicted octanol–water partition coefficient (Wildman–Crippen LogP) is 4.91. The first-order chi connectivity index (χ1) is 16.4. The summed E-state index contributed by atoms with van der Waals surface area (Å²) in [4.78, 5) is 21.7. The highest BCUT2D eigenvalue weighted by atomic mass is 19.4. The Morgan fingerprint density at radius 1 is 0.912 bits per heavy atom. The van der Waals surface area contributed by atoms with Crippen molar-refractivity contribution in [1.29, 1.82) is 0 Å². The van der Waals surface area contributed by atoms with Gasteiger partial charge in [-0.15, -0.1) is 0 Å². The number of aryl methyl sites for hydroxylation is 1. The molecule has 0 atom stereocenters. The van der Waals surface area contributed by atoms with Crippen LogP contribution in [0.5, 0.6) is 0 Å². The average Bonchev–Trinajstić information content (AvgIpc) is 2.84. The fraction of sp³-hybridized carbons (Fsp3) is 0.360. The fourth-order valence-electron chi connectivity index (χ4n) is 4.85. The Hall–Kier alpha value is -3.49. The van der Waals surface area contributed by atoms with Crippen LogP contribution < -0.4 is 9.80 Å². The zero-order chi connectivity index (χ0) is 23.7. The molecule has 0 saturated carbocycles. The molecule has 0 amide bonds. The van der Waals surface area contributed by atoms with Gasteiger partial charge in [-0.05, 0) is 61.1 Å². The zero-order valence-electron chi connectivity index (χ0n) is 18.8. The molecule has 0 aliphatic carbocycles. The molecule has 1 saturated heterocycles. The third-order valence-corrected chi connectivity index (χ3v) is 6.54. The predicted molar refractivity (Wildman–Crippen MR) is 124 cm³/mol. The van der Waals surface area contributed by atoms with Gasteiger partial charge < -0.3 is 9.80 Å². The summed E-state index contributed by atoms with van der Waals surface area (Å²) in [5, 5.41) is 0. The standard InChI is InChI=1S/C25H25F3N6/c1-17-4-2-9-31-23(17)33-12-6-18(7-13-33)19-14-21-24(32-11-10-30-21)34(15-19)16-22-20(25(26,27)28)5-3-8-29-22/h2-5,8-11,14,18H,6-7,12-13,15-16H2,1H3. The molecule has 2 aliphatic heterocycles. The smallest absolute Gasteiger partial charge is 0.356 e. The molecule has 3 aromatic heterocycles. The van der Waals surface area contributed by atoms with Crippen molar-refractivity contribution in [2.24, 2.45) is 5.92 Å². The van der Waals surface area contributed by atoms with Gasteiger partial charge in [0.2, 0.25) is 0 Å². The molecule has 6 nitrogen and oxygen atoms in total. The summed E-state index contributed by atoms with van der Waals surface area (Å²) in [6, 6.07) is 6.41. The van der Waals surface area contributed by atoms with Crippen LogP contribution in [0.4, 0.5) is 24.8 Å². The molecule has 0 radical (unpaired) electrons. The summed E-state index contributed by atoms with van der Waals surface area (Å²) in [7, 11) is 0. The van der Waals surface area contributed by atoms with Crippen molar-refractivity contribution < 1.29 is 13.2 Å². The highest BCUT2D eigenvalue weighted by Gasteiger charge is 2.35. The van der Waals surface area contributed by atoms with E-state index < -0.39 is 11.7 Å². The molecule has 3 aromatic rings. The van der Waals surface area contributed by atoms with Gasteiger partial charge >= 0.3 is 6.18 Å². The third-order valence-electron chi connectivity index (χ3n) is 6.54. The molecule has 0 spiro atoms. The summed E-state index contributed by atoms with van der Waals surface area (Å²) in [5.41, 5.74) is 2.30. The van der Waals surface area contributed by atoms with Crippen LogP contribution in [0.1, 0.15) is 35.4 Å². The van der Waals surface area contributed by atoms with Crippen molar-refractivity contribution in [3.63, 3.8) is 0 Å². The van der Waals surface area contributed by atoms with E-state index in [1.54, 1.807) is 12.4 Å². The lowest BCUT2D eigenvalue weighted by Gasteiger charge is -2.38. The summed E-state index contributed by atoms with van der Waals surface area (Å²) < 4.78 is 40.7. The molecular formula is C25H25F3N6. The molecule has 1 fully saturated rings. The Morgan fingerprint density at radius 3 is 2.38 bits per heavy atom. The monoisotopic (exact) mass is 466 g/mol. The minimum absolute atomic E-state index is 0.00620. The Labute approximate surface area is 196 Å². The number of aromatic nitrogens is 4. The molecule has 0 N–H and O–H groups in total. The quantitative estimate of drug-likeness (QED) is 0.544. The topological polar surface area (TPSA) is 58.0 Å². The second-order valence-electron chi connectivity index (χ2n) is 8.74. The molecule has 5 rings (SSSR count). The molecule has 9 heteroatoms. The minimum Gasteiger partial charge on any atom is -0.356 e. The maximum atomic E-state index is 13.6. The van der Waals surface area contributed by atoms with Crippen LogP contribution >= 0.6 is 0 Å².